The van der Waals surface area contributed by atoms with Crippen molar-refractivity contribution < 1.29 is 0 Å². The standard InChI is InChI=1S/C7H14N2/c1-5(8)9-6-4-7(6,2)3/h6H,4H2,1-3H3,(H2,8,9). The second-order valence-electron chi connectivity index (χ2n) is 3.48. The average Bonchev–Trinajstić information content (AvgIpc) is 2.10. The van der Waals surface area contributed by atoms with Crippen LogP contribution in [-0.2, 0) is 0 Å². The molecule has 9 heavy (non-hydrogen) atoms. The number of hydrogen-bond acceptors (Lipinski definition) is 1. The van der Waals surface area contributed by atoms with E-state index in [1.807, 2.05) is 6.92 Å². The second kappa shape index (κ2) is 1.72. The van der Waals surface area contributed by atoms with Crippen LogP contribution in [0.4, 0.5) is 0 Å². The average molecular weight is 126 g/mol. The van der Waals surface area contributed by atoms with E-state index in [4.69, 9.17) is 5.73 Å². The van der Waals surface area contributed by atoms with E-state index in [0.717, 1.165) is 0 Å². The Morgan fingerprint density at radius 1 is 1.67 bits per heavy atom. The predicted octanol–water partition coefficient (Wildman–Crippen LogP) is 1.16. The molecule has 0 amide bonds. The number of aliphatic imine (C=N–C) groups is 1. The summed E-state index contributed by atoms with van der Waals surface area (Å²) in [7, 11) is 0. The van der Waals surface area contributed by atoms with Gasteiger partial charge in [-0.05, 0) is 18.8 Å². The molecule has 52 valence electrons. The van der Waals surface area contributed by atoms with Gasteiger partial charge in [0.1, 0.15) is 0 Å². The van der Waals surface area contributed by atoms with Crippen LogP contribution in [0.15, 0.2) is 4.99 Å². The quantitative estimate of drug-likeness (QED) is 0.415. The van der Waals surface area contributed by atoms with Crippen molar-refractivity contribution in [2.45, 2.75) is 33.2 Å². The van der Waals surface area contributed by atoms with Gasteiger partial charge in [-0.2, -0.15) is 0 Å². The summed E-state index contributed by atoms with van der Waals surface area (Å²) in [5.74, 6) is 0.713. The van der Waals surface area contributed by atoms with Gasteiger partial charge in [-0.1, -0.05) is 13.8 Å². The maximum atomic E-state index is 5.40. The fourth-order valence-electron chi connectivity index (χ4n) is 0.906. The van der Waals surface area contributed by atoms with E-state index in [0.29, 0.717) is 17.3 Å². The first kappa shape index (κ1) is 6.59. The minimum absolute atomic E-state index is 0.431. The Bertz CT molecular complexity index is 143. The molecule has 2 nitrogen and oxygen atoms in total. The van der Waals surface area contributed by atoms with Crippen LogP contribution in [0.2, 0.25) is 0 Å². The Kier molecular flexibility index (Phi) is 1.26. The number of hydrogen-bond donors (Lipinski definition) is 1. The van der Waals surface area contributed by atoms with Crippen LogP contribution < -0.4 is 5.73 Å². The second-order valence-corrected chi connectivity index (χ2v) is 3.48. The molecule has 1 unspecified atom stereocenters. The van der Waals surface area contributed by atoms with E-state index < -0.39 is 0 Å². The zero-order valence-corrected chi connectivity index (χ0v) is 6.31. The summed E-state index contributed by atoms with van der Waals surface area (Å²) in [4.78, 5) is 4.24. The minimum Gasteiger partial charge on any atom is -0.388 e. The van der Waals surface area contributed by atoms with Crippen molar-refractivity contribution in [1.29, 1.82) is 0 Å². The number of rotatable bonds is 1. The highest BCUT2D eigenvalue weighted by Crippen LogP contribution is 2.47. The lowest BCUT2D eigenvalue weighted by Crippen LogP contribution is -2.07. The van der Waals surface area contributed by atoms with Gasteiger partial charge in [0.15, 0.2) is 0 Å². The van der Waals surface area contributed by atoms with Crippen molar-refractivity contribution in [3.05, 3.63) is 0 Å². The molecule has 1 fully saturated rings. The summed E-state index contributed by atoms with van der Waals surface area (Å²) in [6.07, 6.45) is 1.20. The van der Waals surface area contributed by atoms with Crippen LogP contribution in [0.3, 0.4) is 0 Å². The third-order valence-corrected chi connectivity index (χ3v) is 1.82. The first-order valence-corrected chi connectivity index (χ1v) is 3.32. The van der Waals surface area contributed by atoms with Crippen molar-refractivity contribution in [2.24, 2.45) is 16.1 Å². The molecule has 0 heterocycles. The van der Waals surface area contributed by atoms with Crippen LogP contribution in [0.1, 0.15) is 27.2 Å². The van der Waals surface area contributed by atoms with Crippen LogP contribution in [0, 0.1) is 5.41 Å². The van der Waals surface area contributed by atoms with E-state index in [9.17, 15) is 0 Å². The van der Waals surface area contributed by atoms with Gasteiger partial charge in [0.05, 0.1) is 11.9 Å². The monoisotopic (exact) mass is 126 g/mol. The Morgan fingerprint density at radius 3 is 2.22 bits per heavy atom. The summed E-state index contributed by atoms with van der Waals surface area (Å²) >= 11 is 0. The van der Waals surface area contributed by atoms with Gasteiger partial charge in [-0.25, -0.2) is 0 Å². The van der Waals surface area contributed by atoms with Gasteiger partial charge in [-0.15, -0.1) is 0 Å². The van der Waals surface area contributed by atoms with Gasteiger partial charge in [0.2, 0.25) is 0 Å². The van der Waals surface area contributed by atoms with Crippen LogP contribution >= 0.6 is 0 Å². The molecule has 1 aliphatic carbocycles. The normalized spacial score (nSPS) is 32.3. The molecule has 1 saturated carbocycles. The number of amidine groups is 1. The first-order chi connectivity index (χ1) is 4.02. The zero-order valence-electron chi connectivity index (χ0n) is 6.31. The summed E-state index contributed by atoms with van der Waals surface area (Å²) < 4.78 is 0. The molecule has 0 aromatic heterocycles. The van der Waals surface area contributed by atoms with Crippen molar-refractivity contribution in [3.63, 3.8) is 0 Å². The van der Waals surface area contributed by atoms with E-state index in [2.05, 4.69) is 18.8 Å². The molecular weight excluding hydrogens is 112 g/mol. The van der Waals surface area contributed by atoms with Crippen molar-refractivity contribution >= 4 is 5.84 Å². The number of nitrogens with two attached hydrogens (primary N) is 1. The third kappa shape index (κ3) is 1.44. The first-order valence-electron chi connectivity index (χ1n) is 3.32. The lowest BCUT2D eigenvalue weighted by molar-refractivity contribution is 0.618. The third-order valence-electron chi connectivity index (χ3n) is 1.82. The van der Waals surface area contributed by atoms with Gasteiger partial charge >= 0.3 is 0 Å². The fourth-order valence-corrected chi connectivity index (χ4v) is 0.906. The lowest BCUT2D eigenvalue weighted by atomic mass is 10.2. The molecule has 0 aromatic rings. The molecule has 2 heteroatoms. The van der Waals surface area contributed by atoms with Crippen molar-refractivity contribution in [3.8, 4) is 0 Å². The van der Waals surface area contributed by atoms with Crippen molar-refractivity contribution in [2.75, 3.05) is 0 Å². The van der Waals surface area contributed by atoms with Gasteiger partial charge in [-0.3, -0.25) is 4.99 Å². The van der Waals surface area contributed by atoms with E-state index in [1.165, 1.54) is 6.42 Å². The van der Waals surface area contributed by atoms with Crippen LogP contribution in [-0.4, -0.2) is 11.9 Å². The van der Waals surface area contributed by atoms with E-state index >= 15 is 0 Å². The lowest BCUT2D eigenvalue weighted by Gasteiger charge is -1.96. The Morgan fingerprint density at radius 2 is 2.11 bits per heavy atom. The van der Waals surface area contributed by atoms with Crippen LogP contribution in [0.5, 0.6) is 0 Å². The molecule has 0 aromatic carbocycles. The topological polar surface area (TPSA) is 38.4 Å². The molecule has 1 aliphatic rings. The van der Waals surface area contributed by atoms with Crippen molar-refractivity contribution in [1.82, 2.24) is 0 Å². The highest BCUT2D eigenvalue weighted by atomic mass is 14.9. The fraction of sp³-hybridized carbons (Fsp3) is 0.857. The smallest absolute Gasteiger partial charge is 0.0909 e. The van der Waals surface area contributed by atoms with E-state index in [-0.39, 0.29) is 0 Å². The highest BCUT2D eigenvalue weighted by Gasteiger charge is 2.45. The largest absolute Gasteiger partial charge is 0.388 e. The summed E-state index contributed by atoms with van der Waals surface area (Å²) in [5, 5.41) is 0. The molecule has 0 aliphatic heterocycles. The Balaban J connectivity index is 2.45. The summed E-state index contributed by atoms with van der Waals surface area (Å²) in [5.41, 5.74) is 5.84. The maximum absolute atomic E-state index is 5.40. The number of nitrogens with zero attached hydrogens (tertiary/aromatic N) is 1. The Hall–Kier alpha value is -0.530. The zero-order chi connectivity index (χ0) is 7.07. The Labute approximate surface area is 56.2 Å². The summed E-state index contributed by atoms with van der Waals surface area (Å²) in [6, 6.07) is 0.502. The molecule has 0 radical (unpaired) electrons. The molecule has 1 rings (SSSR count). The molecule has 2 N–H and O–H groups in total. The molecule has 0 bridgehead atoms. The SMILES string of the molecule is CC(N)=NC1CC1(C)C. The molecule has 0 saturated heterocycles. The molecular formula is C7H14N2. The van der Waals surface area contributed by atoms with E-state index in [1.54, 1.807) is 0 Å². The minimum atomic E-state index is 0.431. The maximum Gasteiger partial charge on any atom is 0.0909 e. The summed E-state index contributed by atoms with van der Waals surface area (Å²) in [6.45, 7) is 6.27. The van der Waals surface area contributed by atoms with Gasteiger partial charge < -0.3 is 5.73 Å². The van der Waals surface area contributed by atoms with Gasteiger partial charge in [0, 0.05) is 0 Å². The molecule has 0 spiro atoms. The predicted molar refractivity (Wildman–Crippen MR) is 39.5 cm³/mol. The van der Waals surface area contributed by atoms with Gasteiger partial charge in [0.25, 0.3) is 0 Å². The molecule has 1 atom stereocenters. The highest BCUT2D eigenvalue weighted by molar-refractivity contribution is 5.77. The van der Waals surface area contributed by atoms with Crippen LogP contribution in [0.25, 0.3) is 0 Å².